The molecular weight excluding hydrogens is 475 g/mol. The van der Waals surface area contributed by atoms with Gasteiger partial charge in [-0.3, -0.25) is 4.79 Å². The van der Waals surface area contributed by atoms with Crippen LogP contribution in [-0.4, -0.2) is 41.4 Å². The minimum atomic E-state index is -4.56. The molecule has 0 spiro atoms. The fourth-order valence-corrected chi connectivity index (χ4v) is 5.64. The molecule has 0 bridgehead atoms. The largest absolute Gasteiger partial charge is 0.504 e. The number of aromatic nitrogens is 1. The third-order valence-electron chi connectivity index (χ3n) is 8.08. The number of benzene rings is 1. The molecule has 1 aliphatic heterocycles. The van der Waals surface area contributed by atoms with Gasteiger partial charge in [-0.05, 0) is 62.5 Å². The molecule has 2 heterocycles. The predicted molar refractivity (Wildman–Crippen MR) is 128 cm³/mol. The van der Waals surface area contributed by atoms with Crippen molar-refractivity contribution in [1.82, 2.24) is 4.98 Å². The zero-order valence-electron chi connectivity index (χ0n) is 20.7. The molecule has 2 aromatic rings. The highest BCUT2D eigenvalue weighted by molar-refractivity contribution is 6.04. The van der Waals surface area contributed by atoms with E-state index in [1.807, 2.05) is 0 Å². The van der Waals surface area contributed by atoms with Crippen molar-refractivity contribution in [3.63, 3.8) is 0 Å². The predicted octanol–water partition coefficient (Wildman–Crippen LogP) is 5.85. The molecule has 0 radical (unpaired) electrons. The van der Waals surface area contributed by atoms with Crippen molar-refractivity contribution in [3.05, 3.63) is 29.2 Å². The maximum absolute atomic E-state index is 13.2. The number of carbonyl (C=O) groups is 1. The summed E-state index contributed by atoms with van der Waals surface area (Å²) < 4.78 is 51.1. The highest BCUT2D eigenvalue weighted by atomic mass is 19.4. The van der Waals surface area contributed by atoms with Gasteiger partial charge in [-0.25, -0.2) is 0 Å². The number of fused-ring (bicyclic) bond motifs is 1. The van der Waals surface area contributed by atoms with E-state index in [0.29, 0.717) is 24.4 Å². The van der Waals surface area contributed by atoms with Crippen LogP contribution >= 0.6 is 0 Å². The van der Waals surface area contributed by atoms with Gasteiger partial charge in [0.15, 0.2) is 17.2 Å². The Bertz CT molecular complexity index is 1120. The molecule has 36 heavy (non-hydrogen) atoms. The van der Waals surface area contributed by atoms with Gasteiger partial charge in [0, 0.05) is 30.3 Å². The smallest absolute Gasteiger partial charge is 0.396 e. The number of carbonyl (C=O) groups excluding carboxylic acids is 1. The molecule has 3 fully saturated rings. The minimum Gasteiger partial charge on any atom is -0.504 e. The molecule has 2 saturated carbocycles. The number of anilines is 2. The number of aryl methyl sites for hydroxylation is 1. The Morgan fingerprint density at radius 3 is 2.47 bits per heavy atom. The van der Waals surface area contributed by atoms with E-state index in [9.17, 15) is 23.1 Å². The summed E-state index contributed by atoms with van der Waals surface area (Å²) in [6, 6.07) is 2.99. The molecule has 10 heteroatoms. The molecule has 7 nitrogen and oxygen atoms in total. The van der Waals surface area contributed by atoms with Crippen LogP contribution in [0.3, 0.4) is 0 Å². The van der Waals surface area contributed by atoms with E-state index < -0.39 is 30.0 Å². The number of hydrogen-bond donors (Lipinski definition) is 2. The lowest BCUT2D eigenvalue weighted by Gasteiger charge is -2.49. The van der Waals surface area contributed by atoms with Gasteiger partial charge in [-0.2, -0.15) is 18.2 Å². The molecular formula is C26H32F3N3O4. The first kappa shape index (κ1) is 24.8. The van der Waals surface area contributed by atoms with Crippen LogP contribution < -0.4 is 15.0 Å². The van der Waals surface area contributed by atoms with Crippen molar-refractivity contribution >= 4 is 17.6 Å². The van der Waals surface area contributed by atoms with E-state index >= 15 is 0 Å². The monoisotopic (exact) mass is 507 g/mol. The topological polar surface area (TPSA) is 87.8 Å². The second kappa shape index (κ2) is 8.88. The summed E-state index contributed by atoms with van der Waals surface area (Å²) in [5.74, 6) is 0.343. The van der Waals surface area contributed by atoms with Gasteiger partial charge in [0.25, 0.3) is 11.9 Å². The molecule has 2 unspecified atom stereocenters. The third kappa shape index (κ3) is 4.86. The zero-order valence-corrected chi connectivity index (χ0v) is 20.7. The lowest BCUT2D eigenvalue weighted by atomic mass is 9.75. The van der Waals surface area contributed by atoms with Gasteiger partial charge >= 0.3 is 6.18 Å². The summed E-state index contributed by atoms with van der Waals surface area (Å²) in [5, 5.41) is 13.1. The van der Waals surface area contributed by atoms with Crippen LogP contribution in [0.1, 0.15) is 67.8 Å². The quantitative estimate of drug-likeness (QED) is 0.466. The van der Waals surface area contributed by atoms with Crippen LogP contribution in [0, 0.1) is 24.2 Å². The van der Waals surface area contributed by atoms with E-state index in [0.717, 1.165) is 37.5 Å². The Hall–Kier alpha value is -2.91. The fraction of sp³-hybridized carbons (Fsp3) is 0.615. The highest BCUT2D eigenvalue weighted by Crippen LogP contribution is 2.53. The normalized spacial score (nSPS) is 24.3. The van der Waals surface area contributed by atoms with E-state index in [-0.39, 0.29) is 29.0 Å². The first-order valence-corrected chi connectivity index (χ1v) is 12.6. The fourth-order valence-electron chi connectivity index (χ4n) is 5.64. The van der Waals surface area contributed by atoms with Gasteiger partial charge in [0.1, 0.15) is 12.2 Å². The molecule has 1 aromatic heterocycles. The number of phenols is 1. The van der Waals surface area contributed by atoms with Crippen LogP contribution in [0.25, 0.3) is 0 Å². The summed E-state index contributed by atoms with van der Waals surface area (Å²) in [6.45, 7) is 7.14. The minimum absolute atomic E-state index is 0.0225. The molecule has 2 N–H and O–H groups in total. The van der Waals surface area contributed by atoms with Gasteiger partial charge in [-0.1, -0.05) is 13.8 Å². The van der Waals surface area contributed by atoms with Crippen molar-refractivity contribution < 1.29 is 32.2 Å². The van der Waals surface area contributed by atoms with Crippen molar-refractivity contribution in [2.24, 2.45) is 17.3 Å². The zero-order chi connectivity index (χ0) is 25.8. The summed E-state index contributed by atoms with van der Waals surface area (Å²) >= 11 is 0. The number of phenolic OH excluding ortho intramolecular Hbond substituents is 1. The second-order valence-corrected chi connectivity index (χ2v) is 10.7. The van der Waals surface area contributed by atoms with Gasteiger partial charge < -0.3 is 24.5 Å². The number of halogens is 3. The van der Waals surface area contributed by atoms with Crippen LogP contribution in [0.15, 0.2) is 16.5 Å². The Kier molecular flexibility index (Phi) is 6.11. The van der Waals surface area contributed by atoms with Gasteiger partial charge in [-0.15, -0.1) is 0 Å². The molecule has 3 atom stereocenters. The number of aromatic hydroxyl groups is 1. The van der Waals surface area contributed by atoms with Crippen molar-refractivity contribution in [2.75, 3.05) is 23.3 Å². The second-order valence-electron chi connectivity index (χ2n) is 10.7. The van der Waals surface area contributed by atoms with E-state index in [1.54, 1.807) is 17.9 Å². The van der Waals surface area contributed by atoms with E-state index in [4.69, 9.17) is 9.15 Å². The average molecular weight is 508 g/mol. The summed E-state index contributed by atoms with van der Waals surface area (Å²) in [4.78, 5) is 18.9. The Labute approximate surface area is 208 Å². The Balaban J connectivity index is 1.32. The number of rotatable bonds is 8. The van der Waals surface area contributed by atoms with Gasteiger partial charge in [0.2, 0.25) is 0 Å². The van der Waals surface area contributed by atoms with Crippen LogP contribution in [-0.2, 0) is 6.42 Å². The number of ether oxygens (including phenoxy) is 1. The van der Waals surface area contributed by atoms with E-state index in [1.165, 1.54) is 12.5 Å². The van der Waals surface area contributed by atoms with Crippen molar-refractivity contribution in [1.29, 1.82) is 0 Å². The lowest BCUT2D eigenvalue weighted by molar-refractivity contribution is -0.130. The number of amides is 1. The molecule has 1 saturated heterocycles. The molecule has 5 rings (SSSR count). The van der Waals surface area contributed by atoms with Crippen LogP contribution in [0.2, 0.25) is 0 Å². The SMILES string of the molecule is CCC1(CC)CN(c2nc(C(=O)Nc3cc(C)c(OC4CC5C[C@@H]5C4)c(O)c3)c(CC(F)(F)F)o2)C1. The Morgan fingerprint density at radius 2 is 1.89 bits per heavy atom. The molecule has 1 amide bonds. The van der Waals surface area contributed by atoms with E-state index in [2.05, 4.69) is 24.1 Å². The number of hydrogen-bond acceptors (Lipinski definition) is 6. The summed E-state index contributed by atoms with van der Waals surface area (Å²) in [7, 11) is 0. The third-order valence-corrected chi connectivity index (χ3v) is 8.08. The molecule has 3 aliphatic rings. The first-order valence-electron chi connectivity index (χ1n) is 12.6. The molecule has 2 aliphatic carbocycles. The standard InChI is InChI=1S/C26H32F3N3O4/c1-4-25(5-2)12-32(13-25)24-31-21(20(36-24)11-26(27,28)29)23(34)30-17-6-14(3)22(19(33)10-17)35-18-8-15-7-16(15)9-18/h6,10,15-16,18,33H,4-5,7-9,11-13H2,1-3H3,(H,30,34)/t15-,16?,18?/m1/s1. The van der Waals surface area contributed by atoms with Crippen molar-refractivity contribution in [3.8, 4) is 11.5 Å². The van der Waals surface area contributed by atoms with Crippen molar-refractivity contribution in [2.45, 2.75) is 71.6 Å². The highest BCUT2D eigenvalue weighted by Gasteiger charge is 2.47. The molecule has 196 valence electrons. The van der Waals surface area contributed by atoms with Crippen LogP contribution in [0.4, 0.5) is 24.9 Å². The molecule has 1 aromatic carbocycles. The number of nitrogens with one attached hydrogen (secondary N) is 1. The lowest BCUT2D eigenvalue weighted by Crippen LogP contribution is -2.56. The maximum atomic E-state index is 13.2. The van der Waals surface area contributed by atoms with Gasteiger partial charge in [0.05, 0.1) is 6.10 Å². The number of oxazole rings is 1. The number of alkyl halides is 3. The first-order chi connectivity index (χ1) is 17.0. The van der Waals surface area contributed by atoms with Crippen LogP contribution in [0.5, 0.6) is 11.5 Å². The number of nitrogens with zero attached hydrogens (tertiary/aromatic N) is 2. The summed E-state index contributed by atoms with van der Waals surface area (Å²) in [6.07, 6.45) is -0.804. The maximum Gasteiger partial charge on any atom is 0.396 e. The Morgan fingerprint density at radius 1 is 1.22 bits per heavy atom. The average Bonchev–Trinajstić information content (AvgIpc) is 3.17. The summed E-state index contributed by atoms with van der Waals surface area (Å²) in [5.41, 5.74) is 0.534.